The standard InChI is InChI=1S/C12H15ClFNO3S/c1-15(7-11(16)8-2-3-8)19(17,18)12-5-4-9(14)6-10(12)13/h4-6,8,11,16H,2-3,7H2,1H3. The zero-order chi connectivity index (χ0) is 14.2. The van der Waals surface area contributed by atoms with Gasteiger partial charge in [-0.05, 0) is 37.0 Å². The molecule has 1 aromatic carbocycles. The molecule has 0 aliphatic heterocycles. The molecular formula is C12H15ClFNO3S. The lowest BCUT2D eigenvalue weighted by atomic mass is 10.2. The summed E-state index contributed by atoms with van der Waals surface area (Å²) in [5.41, 5.74) is 0. The summed E-state index contributed by atoms with van der Waals surface area (Å²) in [5, 5.41) is 9.62. The lowest BCUT2D eigenvalue weighted by Crippen LogP contribution is -2.35. The second-order valence-electron chi connectivity index (χ2n) is 4.77. The van der Waals surface area contributed by atoms with Gasteiger partial charge in [-0.2, -0.15) is 4.31 Å². The van der Waals surface area contributed by atoms with Crippen molar-refractivity contribution in [1.82, 2.24) is 4.31 Å². The van der Waals surface area contributed by atoms with Crippen LogP contribution in [0.4, 0.5) is 4.39 Å². The van der Waals surface area contributed by atoms with Crippen LogP contribution in [0.2, 0.25) is 5.02 Å². The smallest absolute Gasteiger partial charge is 0.244 e. The van der Waals surface area contributed by atoms with E-state index in [4.69, 9.17) is 11.6 Å². The van der Waals surface area contributed by atoms with Crippen molar-refractivity contribution in [2.75, 3.05) is 13.6 Å². The molecule has 1 aromatic rings. The molecule has 0 spiro atoms. The topological polar surface area (TPSA) is 57.6 Å². The molecule has 0 aromatic heterocycles. The van der Waals surface area contributed by atoms with Crippen molar-refractivity contribution in [3.05, 3.63) is 29.0 Å². The maximum absolute atomic E-state index is 12.9. The molecule has 1 atom stereocenters. The average molecular weight is 308 g/mol. The quantitative estimate of drug-likeness (QED) is 0.903. The van der Waals surface area contributed by atoms with Crippen molar-refractivity contribution >= 4 is 21.6 Å². The number of rotatable bonds is 5. The highest BCUT2D eigenvalue weighted by atomic mass is 35.5. The monoisotopic (exact) mass is 307 g/mol. The Hall–Kier alpha value is -0.690. The van der Waals surface area contributed by atoms with Gasteiger partial charge in [-0.15, -0.1) is 0 Å². The van der Waals surface area contributed by atoms with Crippen molar-refractivity contribution in [2.24, 2.45) is 5.92 Å². The van der Waals surface area contributed by atoms with Crippen LogP contribution in [-0.4, -0.2) is 37.5 Å². The zero-order valence-electron chi connectivity index (χ0n) is 10.4. The van der Waals surface area contributed by atoms with Crippen molar-refractivity contribution in [3.8, 4) is 0 Å². The van der Waals surface area contributed by atoms with E-state index in [9.17, 15) is 17.9 Å². The molecule has 0 heterocycles. The number of sulfonamides is 1. The van der Waals surface area contributed by atoms with E-state index in [-0.39, 0.29) is 22.4 Å². The minimum absolute atomic E-state index is 0.0146. The van der Waals surface area contributed by atoms with Crippen LogP contribution in [0.5, 0.6) is 0 Å². The predicted octanol–water partition coefficient (Wildman–Crippen LogP) is 1.87. The summed E-state index contributed by atoms with van der Waals surface area (Å²) in [5.74, 6) is -0.411. The molecule has 4 nitrogen and oxygen atoms in total. The number of aliphatic hydroxyl groups excluding tert-OH is 1. The van der Waals surface area contributed by atoms with E-state index in [1.165, 1.54) is 7.05 Å². The molecule has 0 amide bonds. The van der Waals surface area contributed by atoms with Crippen LogP contribution in [-0.2, 0) is 10.0 Å². The van der Waals surface area contributed by atoms with E-state index in [0.717, 1.165) is 35.3 Å². The van der Waals surface area contributed by atoms with Gasteiger partial charge in [-0.25, -0.2) is 12.8 Å². The second-order valence-corrected chi connectivity index (χ2v) is 7.19. The van der Waals surface area contributed by atoms with Gasteiger partial charge < -0.3 is 5.11 Å². The number of hydrogen-bond donors (Lipinski definition) is 1. The van der Waals surface area contributed by atoms with Crippen LogP contribution >= 0.6 is 11.6 Å². The molecule has 1 saturated carbocycles. The molecular weight excluding hydrogens is 293 g/mol. The predicted molar refractivity (Wildman–Crippen MR) is 70.0 cm³/mol. The summed E-state index contributed by atoms with van der Waals surface area (Å²) in [4.78, 5) is -0.152. The third-order valence-corrected chi connectivity index (χ3v) is 5.50. The van der Waals surface area contributed by atoms with Crippen LogP contribution in [0, 0.1) is 11.7 Å². The van der Waals surface area contributed by atoms with Gasteiger partial charge in [0, 0.05) is 13.6 Å². The van der Waals surface area contributed by atoms with Gasteiger partial charge in [0.05, 0.1) is 11.1 Å². The highest BCUT2D eigenvalue weighted by Crippen LogP contribution is 2.33. The Balaban J connectivity index is 2.20. The van der Waals surface area contributed by atoms with E-state index in [1.54, 1.807) is 0 Å². The molecule has 1 unspecified atom stereocenters. The number of benzene rings is 1. The van der Waals surface area contributed by atoms with E-state index >= 15 is 0 Å². The Morgan fingerprint density at radius 1 is 1.53 bits per heavy atom. The van der Waals surface area contributed by atoms with Crippen molar-refractivity contribution in [1.29, 1.82) is 0 Å². The first-order valence-corrected chi connectivity index (χ1v) is 7.73. The zero-order valence-corrected chi connectivity index (χ0v) is 12.0. The van der Waals surface area contributed by atoms with Crippen LogP contribution in [0.3, 0.4) is 0 Å². The van der Waals surface area contributed by atoms with Crippen molar-refractivity contribution in [3.63, 3.8) is 0 Å². The SMILES string of the molecule is CN(CC(O)C1CC1)S(=O)(=O)c1ccc(F)cc1Cl. The van der Waals surface area contributed by atoms with Crippen LogP contribution in [0.1, 0.15) is 12.8 Å². The maximum atomic E-state index is 12.9. The normalized spacial score (nSPS) is 17.7. The highest BCUT2D eigenvalue weighted by Gasteiger charge is 2.33. The van der Waals surface area contributed by atoms with Gasteiger partial charge in [-0.3, -0.25) is 0 Å². The summed E-state index contributed by atoms with van der Waals surface area (Å²) in [6.07, 6.45) is 1.18. The van der Waals surface area contributed by atoms with E-state index in [2.05, 4.69) is 0 Å². The van der Waals surface area contributed by atoms with E-state index in [0.29, 0.717) is 0 Å². The summed E-state index contributed by atoms with van der Waals surface area (Å²) in [6.45, 7) is 0.0146. The number of halogens is 2. The van der Waals surface area contributed by atoms with Crippen LogP contribution in [0.15, 0.2) is 23.1 Å². The minimum atomic E-state index is -3.81. The Bertz CT molecular complexity index is 574. The van der Waals surface area contributed by atoms with Crippen LogP contribution in [0.25, 0.3) is 0 Å². The van der Waals surface area contributed by atoms with Gasteiger partial charge in [0.1, 0.15) is 10.7 Å². The van der Waals surface area contributed by atoms with E-state index < -0.39 is 21.9 Å². The van der Waals surface area contributed by atoms with E-state index in [1.807, 2.05) is 0 Å². The third-order valence-electron chi connectivity index (χ3n) is 3.19. The van der Waals surface area contributed by atoms with Crippen molar-refractivity contribution in [2.45, 2.75) is 23.8 Å². The maximum Gasteiger partial charge on any atom is 0.244 e. The molecule has 0 bridgehead atoms. The Morgan fingerprint density at radius 3 is 2.68 bits per heavy atom. The highest BCUT2D eigenvalue weighted by molar-refractivity contribution is 7.89. The number of aliphatic hydroxyl groups is 1. The number of nitrogens with zero attached hydrogens (tertiary/aromatic N) is 1. The fraction of sp³-hybridized carbons (Fsp3) is 0.500. The Labute approximate surface area is 116 Å². The molecule has 19 heavy (non-hydrogen) atoms. The average Bonchev–Trinajstić information content (AvgIpc) is 3.11. The minimum Gasteiger partial charge on any atom is -0.391 e. The van der Waals surface area contributed by atoms with Gasteiger partial charge in [0.25, 0.3) is 0 Å². The van der Waals surface area contributed by atoms with Gasteiger partial charge in [0.15, 0.2) is 0 Å². The lowest BCUT2D eigenvalue weighted by Gasteiger charge is -2.21. The first-order valence-electron chi connectivity index (χ1n) is 5.92. The lowest BCUT2D eigenvalue weighted by molar-refractivity contribution is 0.131. The molecule has 1 aliphatic carbocycles. The fourth-order valence-electron chi connectivity index (χ4n) is 1.84. The largest absolute Gasteiger partial charge is 0.391 e. The summed E-state index contributed by atoms with van der Waals surface area (Å²) in [6, 6.07) is 3.14. The molecule has 0 saturated heterocycles. The molecule has 106 valence electrons. The second kappa shape index (κ2) is 5.36. The van der Waals surface area contributed by atoms with Gasteiger partial charge >= 0.3 is 0 Å². The molecule has 1 fully saturated rings. The molecule has 2 rings (SSSR count). The summed E-state index contributed by atoms with van der Waals surface area (Å²) < 4.78 is 38.5. The van der Waals surface area contributed by atoms with Gasteiger partial charge in [-0.1, -0.05) is 11.6 Å². The molecule has 7 heteroatoms. The van der Waals surface area contributed by atoms with Gasteiger partial charge in [0.2, 0.25) is 10.0 Å². The first-order chi connectivity index (χ1) is 8.82. The Morgan fingerprint density at radius 2 is 2.16 bits per heavy atom. The van der Waals surface area contributed by atoms with Crippen LogP contribution < -0.4 is 0 Å². The fourth-order valence-corrected chi connectivity index (χ4v) is 3.53. The first kappa shape index (κ1) is 14.7. The number of likely N-dealkylation sites (N-methyl/N-ethyl adjacent to an activating group) is 1. The molecule has 1 aliphatic rings. The molecule has 1 N–H and O–H groups in total. The summed E-state index contributed by atoms with van der Waals surface area (Å²) >= 11 is 5.76. The van der Waals surface area contributed by atoms with Crippen molar-refractivity contribution < 1.29 is 17.9 Å². The Kier molecular flexibility index (Phi) is 4.15. The number of hydrogen-bond acceptors (Lipinski definition) is 3. The molecule has 0 radical (unpaired) electrons. The summed E-state index contributed by atoms with van der Waals surface area (Å²) in [7, 11) is -2.44. The third kappa shape index (κ3) is 3.25.